The van der Waals surface area contributed by atoms with Crippen molar-refractivity contribution in [2.24, 2.45) is 0 Å². The molecule has 178 valence electrons. The summed E-state index contributed by atoms with van der Waals surface area (Å²) in [5, 5.41) is 2.18. The normalized spacial score (nSPS) is 19.9. The van der Waals surface area contributed by atoms with Gasteiger partial charge < -0.3 is 9.80 Å². The summed E-state index contributed by atoms with van der Waals surface area (Å²) in [6, 6.07) is 10.7. The number of benzene rings is 1. The molecule has 0 bridgehead atoms. The molecule has 1 aromatic carbocycles. The molecule has 2 aromatic rings. The molecule has 33 heavy (non-hydrogen) atoms. The maximum Gasteiger partial charge on any atom is 0.239 e. The van der Waals surface area contributed by atoms with Crippen LogP contribution in [0, 0.1) is 6.92 Å². The quantitative estimate of drug-likeness (QED) is 0.557. The maximum atomic E-state index is 13.6. The first-order valence-corrected chi connectivity index (χ1v) is 13.3. The van der Waals surface area contributed by atoms with Crippen LogP contribution in [0.25, 0.3) is 0 Å². The Morgan fingerprint density at radius 2 is 1.73 bits per heavy atom. The Bertz CT molecular complexity index is 964. The highest BCUT2D eigenvalue weighted by atomic mass is 32.1. The van der Waals surface area contributed by atoms with Gasteiger partial charge in [-0.2, -0.15) is 0 Å². The van der Waals surface area contributed by atoms with Crippen LogP contribution in [0.4, 0.5) is 0 Å². The fraction of sp³-hybridized carbons (Fsp3) is 0.556. The Labute approximate surface area is 202 Å². The molecule has 2 aliphatic rings. The van der Waals surface area contributed by atoms with Gasteiger partial charge in [-0.05, 0) is 54.8 Å². The van der Waals surface area contributed by atoms with E-state index in [-0.39, 0.29) is 23.9 Å². The van der Waals surface area contributed by atoms with Crippen molar-refractivity contribution in [2.45, 2.75) is 65.0 Å². The molecule has 2 amide bonds. The van der Waals surface area contributed by atoms with Gasteiger partial charge in [0.05, 0.1) is 12.1 Å². The number of piperazine rings is 1. The molecule has 0 saturated carbocycles. The third-order valence-corrected chi connectivity index (χ3v) is 8.28. The number of aryl methyl sites for hydroxylation is 1. The maximum absolute atomic E-state index is 13.6. The molecule has 5 nitrogen and oxygen atoms in total. The number of hydrogen-bond donors (Lipinski definition) is 0. The molecule has 4 rings (SSSR count). The molecule has 1 saturated heterocycles. The van der Waals surface area contributed by atoms with Crippen LogP contribution in [0.3, 0.4) is 0 Å². The number of rotatable bonds is 7. The Hall–Kier alpha value is -2.18. The van der Waals surface area contributed by atoms with Crippen molar-refractivity contribution in [3.8, 4) is 0 Å². The lowest BCUT2D eigenvalue weighted by atomic mass is 9.89. The lowest BCUT2D eigenvalue weighted by molar-refractivity contribution is -0.143. The van der Waals surface area contributed by atoms with Crippen molar-refractivity contribution in [1.82, 2.24) is 14.7 Å². The minimum atomic E-state index is -0.200. The third-order valence-electron chi connectivity index (χ3n) is 7.28. The van der Waals surface area contributed by atoms with E-state index >= 15 is 0 Å². The van der Waals surface area contributed by atoms with E-state index in [9.17, 15) is 9.59 Å². The van der Waals surface area contributed by atoms with Crippen LogP contribution in [-0.2, 0) is 16.0 Å². The average Bonchev–Trinajstić information content (AvgIpc) is 3.32. The first-order valence-electron chi connectivity index (χ1n) is 12.4. The van der Waals surface area contributed by atoms with Crippen molar-refractivity contribution in [3.05, 3.63) is 57.3 Å². The summed E-state index contributed by atoms with van der Waals surface area (Å²) in [6.07, 6.45) is 4.82. The molecule has 0 radical (unpaired) electrons. The predicted molar refractivity (Wildman–Crippen MR) is 135 cm³/mol. The molecule has 1 aromatic heterocycles. The number of carbonyl (C=O) groups excluding carboxylic acids is 2. The van der Waals surface area contributed by atoms with Gasteiger partial charge in [0.1, 0.15) is 0 Å². The van der Waals surface area contributed by atoms with Crippen molar-refractivity contribution < 1.29 is 9.59 Å². The summed E-state index contributed by atoms with van der Waals surface area (Å²) in [5.74, 6) is 0.426. The van der Waals surface area contributed by atoms with Crippen LogP contribution in [0.15, 0.2) is 35.7 Å². The fourth-order valence-corrected chi connectivity index (χ4v) is 6.16. The molecular formula is C27H37N3O2S. The van der Waals surface area contributed by atoms with E-state index in [0.29, 0.717) is 32.6 Å². The molecule has 0 unspecified atom stereocenters. The molecule has 2 atom stereocenters. The highest BCUT2D eigenvalue weighted by Crippen LogP contribution is 2.40. The Kier molecular flexibility index (Phi) is 7.86. The van der Waals surface area contributed by atoms with Gasteiger partial charge in [-0.3, -0.25) is 14.5 Å². The predicted octanol–water partition coefficient (Wildman–Crippen LogP) is 4.64. The lowest BCUT2D eigenvalue weighted by Gasteiger charge is -2.43. The van der Waals surface area contributed by atoms with Gasteiger partial charge in [0.25, 0.3) is 0 Å². The minimum absolute atomic E-state index is 0.113. The summed E-state index contributed by atoms with van der Waals surface area (Å²) in [6.45, 7) is 9.84. The lowest BCUT2D eigenvalue weighted by Crippen LogP contribution is -2.56. The van der Waals surface area contributed by atoms with E-state index in [0.717, 1.165) is 32.2 Å². The van der Waals surface area contributed by atoms with Crippen LogP contribution in [-0.4, -0.2) is 65.3 Å². The van der Waals surface area contributed by atoms with Gasteiger partial charge >= 0.3 is 0 Å². The number of hydrogen-bond acceptors (Lipinski definition) is 4. The number of nitrogens with zero attached hydrogens (tertiary/aromatic N) is 3. The molecule has 0 N–H and O–H groups in total. The highest BCUT2D eigenvalue weighted by molar-refractivity contribution is 7.10. The highest BCUT2D eigenvalue weighted by Gasteiger charge is 2.37. The second-order valence-electron chi connectivity index (χ2n) is 9.39. The van der Waals surface area contributed by atoms with Gasteiger partial charge in [-0.25, -0.2) is 0 Å². The summed E-state index contributed by atoms with van der Waals surface area (Å²) in [5.41, 5.74) is 3.91. The van der Waals surface area contributed by atoms with Crippen molar-refractivity contribution in [1.29, 1.82) is 0 Å². The standard InChI is InChI=1S/C27H37N3O2S/c1-4-5-6-11-25(31)28-15-17-29(18-16-28)27(32)21(3)30-14-12-24-23(13-19-33-24)26(30)22-10-8-7-9-20(22)2/h7-10,13,19,21,26H,4-6,11-12,14-18H2,1-3H3/t21-,26+/m1/s1. The van der Waals surface area contributed by atoms with Crippen LogP contribution in [0.2, 0.25) is 0 Å². The Morgan fingerprint density at radius 3 is 2.45 bits per heavy atom. The monoisotopic (exact) mass is 467 g/mol. The number of unbranched alkanes of at least 4 members (excludes halogenated alkanes) is 2. The van der Waals surface area contributed by atoms with E-state index < -0.39 is 0 Å². The molecule has 2 aliphatic heterocycles. The van der Waals surface area contributed by atoms with E-state index in [1.54, 1.807) is 0 Å². The molecule has 6 heteroatoms. The van der Waals surface area contributed by atoms with Crippen LogP contribution in [0.1, 0.15) is 67.1 Å². The van der Waals surface area contributed by atoms with E-state index in [2.05, 4.69) is 61.4 Å². The molecule has 0 spiro atoms. The fourth-order valence-electron chi connectivity index (χ4n) is 5.26. The second kappa shape index (κ2) is 10.8. The third kappa shape index (κ3) is 5.17. The smallest absolute Gasteiger partial charge is 0.239 e. The number of carbonyl (C=O) groups is 2. The van der Waals surface area contributed by atoms with Gasteiger partial charge in [0.15, 0.2) is 0 Å². The Morgan fingerprint density at radius 1 is 1.00 bits per heavy atom. The number of thiophene rings is 1. The summed E-state index contributed by atoms with van der Waals surface area (Å²) in [4.78, 5) is 33.8. The van der Waals surface area contributed by atoms with Crippen LogP contribution in [0.5, 0.6) is 0 Å². The SMILES string of the molecule is CCCCCC(=O)N1CCN(C(=O)[C@@H](C)N2CCc3sccc3[C@@H]2c2ccccc2C)CC1. The average molecular weight is 468 g/mol. The van der Waals surface area contributed by atoms with E-state index in [1.807, 2.05) is 21.1 Å². The first-order chi connectivity index (χ1) is 16.0. The van der Waals surface area contributed by atoms with Gasteiger partial charge in [-0.15, -0.1) is 11.3 Å². The molecule has 0 aliphatic carbocycles. The van der Waals surface area contributed by atoms with Gasteiger partial charge in [0.2, 0.25) is 11.8 Å². The largest absolute Gasteiger partial charge is 0.339 e. The number of amides is 2. The van der Waals surface area contributed by atoms with Crippen LogP contribution < -0.4 is 0 Å². The van der Waals surface area contributed by atoms with Gasteiger partial charge in [0, 0.05) is 44.0 Å². The zero-order chi connectivity index (χ0) is 23.4. The zero-order valence-electron chi connectivity index (χ0n) is 20.3. The van der Waals surface area contributed by atoms with Crippen LogP contribution >= 0.6 is 11.3 Å². The first kappa shape index (κ1) is 24.0. The van der Waals surface area contributed by atoms with Crippen molar-refractivity contribution >= 4 is 23.2 Å². The second-order valence-corrected chi connectivity index (χ2v) is 10.4. The Balaban J connectivity index is 1.45. The summed E-state index contributed by atoms with van der Waals surface area (Å²) in [7, 11) is 0. The van der Waals surface area contributed by atoms with E-state index in [1.165, 1.54) is 21.6 Å². The zero-order valence-corrected chi connectivity index (χ0v) is 21.1. The number of fused-ring (bicyclic) bond motifs is 1. The van der Waals surface area contributed by atoms with Gasteiger partial charge in [-0.1, -0.05) is 44.0 Å². The van der Waals surface area contributed by atoms with Crippen molar-refractivity contribution in [3.63, 3.8) is 0 Å². The molecule has 3 heterocycles. The topological polar surface area (TPSA) is 43.9 Å². The molecular weight excluding hydrogens is 430 g/mol. The summed E-state index contributed by atoms with van der Waals surface area (Å²) >= 11 is 1.83. The summed E-state index contributed by atoms with van der Waals surface area (Å²) < 4.78 is 0. The van der Waals surface area contributed by atoms with Crippen molar-refractivity contribution in [2.75, 3.05) is 32.7 Å². The van der Waals surface area contributed by atoms with E-state index in [4.69, 9.17) is 0 Å². The molecule has 1 fully saturated rings. The minimum Gasteiger partial charge on any atom is -0.339 e.